The largest absolute Gasteiger partial charge is 0.396 e. The van der Waals surface area contributed by atoms with Crippen molar-refractivity contribution >= 4 is 0 Å². The SMILES string of the molecule is OCC1CC2CCC(C1)C2. The maximum atomic E-state index is 8.95. The molecule has 2 bridgehead atoms. The van der Waals surface area contributed by atoms with E-state index >= 15 is 0 Å². The molecule has 0 amide bonds. The lowest BCUT2D eigenvalue weighted by molar-refractivity contribution is 0.156. The summed E-state index contributed by atoms with van der Waals surface area (Å²) < 4.78 is 0. The molecular formula is C9H16O. The molecule has 2 aliphatic rings. The second-order valence-electron chi connectivity index (χ2n) is 4.07. The van der Waals surface area contributed by atoms with Crippen LogP contribution in [0.25, 0.3) is 0 Å². The van der Waals surface area contributed by atoms with Gasteiger partial charge in [-0.1, -0.05) is 12.8 Å². The highest BCUT2D eigenvalue weighted by Crippen LogP contribution is 2.44. The zero-order chi connectivity index (χ0) is 6.97. The Hall–Kier alpha value is -0.0400. The molecule has 0 heterocycles. The molecule has 1 heteroatoms. The van der Waals surface area contributed by atoms with Crippen LogP contribution >= 0.6 is 0 Å². The van der Waals surface area contributed by atoms with Crippen LogP contribution in [0.15, 0.2) is 0 Å². The van der Waals surface area contributed by atoms with E-state index in [2.05, 4.69) is 0 Å². The summed E-state index contributed by atoms with van der Waals surface area (Å²) in [5.41, 5.74) is 0. The standard InChI is InChI=1S/C9H16O/c10-6-9-4-7-1-2-8(3-7)5-9/h7-10H,1-6H2. The highest BCUT2D eigenvalue weighted by atomic mass is 16.3. The van der Waals surface area contributed by atoms with Crippen molar-refractivity contribution in [1.29, 1.82) is 0 Å². The summed E-state index contributed by atoms with van der Waals surface area (Å²) in [4.78, 5) is 0. The van der Waals surface area contributed by atoms with Crippen LogP contribution in [0.1, 0.15) is 32.1 Å². The lowest BCUT2D eigenvalue weighted by atomic mass is 9.81. The van der Waals surface area contributed by atoms with Crippen molar-refractivity contribution in [2.45, 2.75) is 32.1 Å². The van der Waals surface area contributed by atoms with Gasteiger partial charge in [0, 0.05) is 6.61 Å². The summed E-state index contributed by atoms with van der Waals surface area (Å²) >= 11 is 0. The topological polar surface area (TPSA) is 20.2 Å². The van der Waals surface area contributed by atoms with Gasteiger partial charge in [-0.25, -0.2) is 0 Å². The summed E-state index contributed by atoms with van der Waals surface area (Å²) in [6, 6.07) is 0. The van der Waals surface area contributed by atoms with Gasteiger partial charge in [0.2, 0.25) is 0 Å². The first kappa shape index (κ1) is 6.66. The van der Waals surface area contributed by atoms with Crippen LogP contribution in [0.5, 0.6) is 0 Å². The van der Waals surface area contributed by atoms with Crippen molar-refractivity contribution in [3.05, 3.63) is 0 Å². The number of fused-ring (bicyclic) bond motifs is 2. The third kappa shape index (κ3) is 1.07. The molecule has 0 spiro atoms. The van der Waals surface area contributed by atoms with E-state index in [0.717, 1.165) is 11.8 Å². The second-order valence-corrected chi connectivity index (χ2v) is 4.07. The molecule has 0 aliphatic heterocycles. The van der Waals surface area contributed by atoms with Crippen molar-refractivity contribution in [1.82, 2.24) is 0 Å². The predicted octanol–water partition coefficient (Wildman–Crippen LogP) is 1.80. The van der Waals surface area contributed by atoms with E-state index in [-0.39, 0.29) is 0 Å². The molecule has 2 saturated carbocycles. The van der Waals surface area contributed by atoms with Gasteiger partial charge in [0.1, 0.15) is 0 Å². The molecule has 2 atom stereocenters. The third-order valence-electron chi connectivity index (χ3n) is 3.24. The molecule has 2 fully saturated rings. The van der Waals surface area contributed by atoms with Crippen LogP contribution in [-0.4, -0.2) is 11.7 Å². The van der Waals surface area contributed by atoms with Crippen LogP contribution in [0.3, 0.4) is 0 Å². The van der Waals surface area contributed by atoms with Gasteiger partial charge in [-0.15, -0.1) is 0 Å². The minimum Gasteiger partial charge on any atom is -0.396 e. The first-order valence-corrected chi connectivity index (χ1v) is 4.49. The smallest absolute Gasteiger partial charge is 0.0459 e. The molecule has 58 valence electrons. The lowest BCUT2D eigenvalue weighted by Crippen LogP contribution is -2.18. The minimum atomic E-state index is 0.438. The van der Waals surface area contributed by atoms with Gasteiger partial charge in [0.15, 0.2) is 0 Å². The number of aliphatic hydroxyl groups is 1. The van der Waals surface area contributed by atoms with E-state index in [1.165, 1.54) is 32.1 Å². The van der Waals surface area contributed by atoms with Crippen LogP contribution < -0.4 is 0 Å². The van der Waals surface area contributed by atoms with E-state index in [9.17, 15) is 0 Å². The normalized spacial score (nSPS) is 45.9. The monoisotopic (exact) mass is 140 g/mol. The molecular weight excluding hydrogens is 124 g/mol. The Morgan fingerprint density at radius 2 is 1.60 bits per heavy atom. The third-order valence-corrected chi connectivity index (χ3v) is 3.24. The Kier molecular flexibility index (Phi) is 1.69. The Balaban J connectivity index is 1.96. The summed E-state index contributed by atoms with van der Waals surface area (Å²) in [5.74, 6) is 2.62. The Morgan fingerprint density at radius 1 is 1.00 bits per heavy atom. The second kappa shape index (κ2) is 2.54. The number of hydrogen-bond acceptors (Lipinski definition) is 1. The van der Waals surface area contributed by atoms with Crippen LogP contribution in [0.4, 0.5) is 0 Å². The first-order valence-electron chi connectivity index (χ1n) is 4.49. The Bertz CT molecular complexity index is 110. The minimum absolute atomic E-state index is 0.438. The molecule has 2 unspecified atom stereocenters. The molecule has 2 aliphatic carbocycles. The van der Waals surface area contributed by atoms with Crippen LogP contribution in [-0.2, 0) is 0 Å². The number of rotatable bonds is 1. The lowest BCUT2D eigenvalue weighted by Gasteiger charge is -2.25. The zero-order valence-electron chi connectivity index (χ0n) is 6.42. The fourth-order valence-corrected chi connectivity index (χ4v) is 2.79. The number of hydrogen-bond donors (Lipinski definition) is 1. The molecule has 2 rings (SSSR count). The van der Waals surface area contributed by atoms with Crippen molar-refractivity contribution in [3.63, 3.8) is 0 Å². The average Bonchev–Trinajstić information content (AvgIpc) is 2.30. The maximum absolute atomic E-state index is 8.95. The van der Waals surface area contributed by atoms with Crippen molar-refractivity contribution < 1.29 is 5.11 Å². The molecule has 0 radical (unpaired) electrons. The zero-order valence-corrected chi connectivity index (χ0v) is 6.42. The van der Waals surface area contributed by atoms with Crippen molar-refractivity contribution in [3.8, 4) is 0 Å². The predicted molar refractivity (Wildman–Crippen MR) is 40.6 cm³/mol. The van der Waals surface area contributed by atoms with E-state index in [4.69, 9.17) is 5.11 Å². The van der Waals surface area contributed by atoms with E-state index < -0.39 is 0 Å². The maximum Gasteiger partial charge on any atom is 0.0459 e. The fraction of sp³-hybridized carbons (Fsp3) is 1.00. The van der Waals surface area contributed by atoms with Gasteiger partial charge < -0.3 is 5.11 Å². The van der Waals surface area contributed by atoms with Gasteiger partial charge in [0.25, 0.3) is 0 Å². The van der Waals surface area contributed by atoms with Gasteiger partial charge in [-0.05, 0) is 37.0 Å². The summed E-state index contributed by atoms with van der Waals surface area (Å²) in [6.07, 6.45) is 6.98. The number of aliphatic hydroxyl groups excluding tert-OH is 1. The van der Waals surface area contributed by atoms with E-state index in [1.807, 2.05) is 0 Å². The summed E-state index contributed by atoms with van der Waals surface area (Å²) in [5, 5.41) is 8.95. The Morgan fingerprint density at radius 3 is 2.10 bits per heavy atom. The summed E-state index contributed by atoms with van der Waals surface area (Å²) in [7, 11) is 0. The van der Waals surface area contributed by atoms with Crippen molar-refractivity contribution in [2.75, 3.05) is 6.61 Å². The van der Waals surface area contributed by atoms with Gasteiger partial charge in [0.05, 0.1) is 0 Å². The molecule has 10 heavy (non-hydrogen) atoms. The molecule has 0 saturated heterocycles. The average molecular weight is 140 g/mol. The molecule has 1 nitrogen and oxygen atoms in total. The first-order chi connectivity index (χ1) is 4.88. The fourth-order valence-electron chi connectivity index (χ4n) is 2.79. The van der Waals surface area contributed by atoms with E-state index in [0.29, 0.717) is 12.5 Å². The highest BCUT2D eigenvalue weighted by Gasteiger charge is 2.33. The van der Waals surface area contributed by atoms with E-state index in [1.54, 1.807) is 0 Å². The highest BCUT2D eigenvalue weighted by molar-refractivity contribution is 4.84. The van der Waals surface area contributed by atoms with Gasteiger partial charge in [-0.2, -0.15) is 0 Å². The molecule has 0 aromatic rings. The summed E-state index contributed by atoms with van der Waals surface area (Å²) in [6.45, 7) is 0.438. The quantitative estimate of drug-likeness (QED) is 0.589. The molecule has 0 aromatic carbocycles. The Labute approximate surface area is 62.4 Å². The van der Waals surface area contributed by atoms with Gasteiger partial charge in [-0.3, -0.25) is 0 Å². The van der Waals surface area contributed by atoms with Crippen LogP contribution in [0.2, 0.25) is 0 Å². The molecule has 1 N–H and O–H groups in total. The van der Waals surface area contributed by atoms with Crippen LogP contribution in [0, 0.1) is 17.8 Å². The van der Waals surface area contributed by atoms with Crippen molar-refractivity contribution in [2.24, 2.45) is 17.8 Å². The van der Waals surface area contributed by atoms with Gasteiger partial charge >= 0.3 is 0 Å². The molecule has 0 aromatic heterocycles.